The van der Waals surface area contributed by atoms with Crippen LogP contribution in [0.5, 0.6) is 0 Å². The van der Waals surface area contributed by atoms with Gasteiger partial charge in [0.2, 0.25) is 0 Å². The fourth-order valence-electron chi connectivity index (χ4n) is 1.82. The standard InChI is InChI=1S/C14H14IN3O2/c1-9-7-11(15)3-4-12(9)17-14(20)13-5-6-16-18(13)8-10(2)19/h3-7H,8H2,1-2H3,(H,17,20). The van der Waals surface area contributed by atoms with Gasteiger partial charge in [0.1, 0.15) is 12.2 Å². The molecular formula is C14H14IN3O2. The second-order valence-corrected chi connectivity index (χ2v) is 5.74. The van der Waals surface area contributed by atoms with Crippen LogP contribution in [0.4, 0.5) is 5.69 Å². The number of aromatic nitrogens is 2. The molecule has 0 bridgehead atoms. The van der Waals surface area contributed by atoms with Gasteiger partial charge in [-0.05, 0) is 66.3 Å². The molecule has 1 heterocycles. The van der Waals surface area contributed by atoms with Crippen LogP contribution < -0.4 is 5.32 Å². The van der Waals surface area contributed by atoms with Crippen molar-refractivity contribution in [2.45, 2.75) is 20.4 Å². The van der Waals surface area contributed by atoms with E-state index < -0.39 is 0 Å². The number of anilines is 1. The summed E-state index contributed by atoms with van der Waals surface area (Å²) in [6.45, 7) is 3.50. The van der Waals surface area contributed by atoms with Crippen LogP contribution in [0.2, 0.25) is 0 Å². The summed E-state index contributed by atoms with van der Waals surface area (Å²) in [4.78, 5) is 23.4. The summed E-state index contributed by atoms with van der Waals surface area (Å²) in [5, 5.41) is 6.83. The molecule has 104 valence electrons. The quantitative estimate of drug-likeness (QED) is 0.826. The predicted molar refractivity (Wildman–Crippen MR) is 84.8 cm³/mol. The Morgan fingerprint density at radius 1 is 1.35 bits per heavy atom. The first kappa shape index (κ1) is 14.7. The SMILES string of the molecule is CC(=O)Cn1nccc1C(=O)Nc1ccc(I)cc1C. The van der Waals surface area contributed by atoms with E-state index in [0.29, 0.717) is 5.69 Å². The van der Waals surface area contributed by atoms with Crippen molar-refractivity contribution in [1.82, 2.24) is 9.78 Å². The summed E-state index contributed by atoms with van der Waals surface area (Å²) in [5.74, 6) is -0.318. The molecule has 1 amide bonds. The number of Topliss-reactive ketones (excluding diaryl/α,β-unsaturated/α-hetero) is 1. The monoisotopic (exact) mass is 383 g/mol. The maximum atomic E-state index is 12.2. The molecule has 0 aliphatic rings. The number of aryl methyl sites for hydroxylation is 1. The summed E-state index contributed by atoms with van der Waals surface area (Å²) in [6, 6.07) is 7.38. The molecule has 1 aromatic carbocycles. The molecule has 0 unspecified atom stereocenters. The minimum atomic E-state index is -0.270. The average molecular weight is 383 g/mol. The number of hydrogen-bond acceptors (Lipinski definition) is 3. The summed E-state index contributed by atoms with van der Waals surface area (Å²) in [7, 11) is 0. The Bertz CT molecular complexity index is 664. The van der Waals surface area contributed by atoms with Crippen LogP contribution in [0, 0.1) is 10.5 Å². The lowest BCUT2D eigenvalue weighted by Crippen LogP contribution is -2.20. The molecule has 2 rings (SSSR count). The third kappa shape index (κ3) is 3.44. The number of amides is 1. The maximum Gasteiger partial charge on any atom is 0.273 e. The Morgan fingerprint density at radius 2 is 2.10 bits per heavy atom. The van der Waals surface area contributed by atoms with Crippen LogP contribution in [0.1, 0.15) is 23.0 Å². The fourth-order valence-corrected chi connectivity index (χ4v) is 2.46. The van der Waals surface area contributed by atoms with E-state index in [1.54, 1.807) is 6.07 Å². The summed E-state index contributed by atoms with van der Waals surface area (Å²) in [6.07, 6.45) is 1.51. The van der Waals surface area contributed by atoms with Gasteiger partial charge in [-0.1, -0.05) is 0 Å². The lowest BCUT2D eigenvalue weighted by molar-refractivity contribution is -0.117. The van der Waals surface area contributed by atoms with Crippen molar-refractivity contribution in [3.63, 3.8) is 0 Å². The van der Waals surface area contributed by atoms with Gasteiger partial charge < -0.3 is 5.32 Å². The highest BCUT2D eigenvalue weighted by atomic mass is 127. The number of carbonyl (C=O) groups excluding carboxylic acids is 2. The second-order valence-electron chi connectivity index (χ2n) is 4.49. The number of halogens is 1. The Morgan fingerprint density at radius 3 is 2.75 bits per heavy atom. The highest BCUT2D eigenvalue weighted by Gasteiger charge is 2.14. The molecule has 6 heteroatoms. The van der Waals surface area contributed by atoms with Crippen molar-refractivity contribution in [3.8, 4) is 0 Å². The summed E-state index contributed by atoms with van der Waals surface area (Å²) in [5.41, 5.74) is 2.12. The Kier molecular flexibility index (Phi) is 4.53. The lowest BCUT2D eigenvalue weighted by Gasteiger charge is -2.09. The third-order valence-corrected chi connectivity index (χ3v) is 3.43. The zero-order valence-electron chi connectivity index (χ0n) is 11.2. The number of carbonyl (C=O) groups is 2. The average Bonchev–Trinajstić information content (AvgIpc) is 2.80. The number of benzene rings is 1. The number of rotatable bonds is 4. The first-order chi connectivity index (χ1) is 9.47. The zero-order chi connectivity index (χ0) is 14.7. The van der Waals surface area contributed by atoms with Crippen LogP contribution in [-0.4, -0.2) is 21.5 Å². The molecule has 0 spiro atoms. The fraction of sp³-hybridized carbons (Fsp3) is 0.214. The van der Waals surface area contributed by atoms with E-state index in [-0.39, 0.29) is 18.2 Å². The summed E-state index contributed by atoms with van der Waals surface area (Å²) >= 11 is 2.22. The van der Waals surface area contributed by atoms with E-state index in [4.69, 9.17) is 0 Å². The van der Waals surface area contributed by atoms with Gasteiger partial charge in [-0.3, -0.25) is 14.3 Å². The number of nitrogens with one attached hydrogen (secondary N) is 1. The topological polar surface area (TPSA) is 64.0 Å². The van der Waals surface area contributed by atoms with E-state index in [2.05, 4.69) is 33.0 Å². The lowest BCUT2D eigenvalue weighted by atomic mass is 10.2. The molecule has 0 aliphatic heterocycles. The Balaban J connectivity index is 2.20. The molecule has 0 atom stereocenters. The van der Waals surface area contributed by atoms with Gasteiger partial charge in [0.15, 0.2) is 5.78 Å². The first-order valence-corrected chi connectivity index (χ1v) is 7.14. The molecule has 20 heavy (non-hydrogen) atoms. The van der Waals surface area contributed by atoms with E-state index in [1.807, 2.05) is 25.1 Å². The minimum absolute atomic E-state index is 0.0480. The van der Waals surface area contributed by atoms with Gasteiger partial charge in [0, 0.05) is 15.5 Å². The predicted octanol–water partition coefficient (Wildman–Crippen LogP) is 2.64. The van der Waals surface area contributed by atoms with Gasteiger partial charge in [-0.15, -0.1) is 0 Å². The molecule has 2 aromatic rings. The van der Waals surface area contributed by atoms with Gasteiger partial charge in [-0.2, -0.15) is 5.10 Å². The molecule has 5 nitrogen and oxygen atoms in total. The van der Waals surface area contributed by atoms with E-state index in [1.165, 1.54) is 17.8 Å². The van der Waals surface area contributed by atoms with Crippen LogP contribution >= 0.6 is 22.6 Å². The van der Waals surface area contributed by atoms with Gasteiger partial charge in [0.25, 0.3) is 5.91 Å². The van der Waals surface area contributed by atoms with E-state index in [0.717, 1.165) is 14.8 Å². The number of nitrogens with zero attached hydrogens (tertiary/aromatic N) is 2. The Labute approximate surface area is 130 Å². The molecule has 0 aliphatic carbocycles. The molecular weight excluding hydrogens is 369 g/mol. The van der Waals surface area contributed by atoms with Crippen molar-refractivity contribution in [2.24, 2.45) is 0 Å². The highest BCUT2D eigenvalue weighted by Crippen LogP contribution is 2.18. The maximum absolute atomic E-state index is 12.2. The third-order valence-electron chi connectivity index (χ3n) is 2.76. The van der Waals surface area contributed by atoms with Crippen molar-refractivity contribution in [1.29, 1.82) is 0 Å². The zero-order valence-corrected chi connectivity index (χ0v) is 13.3. The largest absolute Gasteiger partial charge is 0.320 e. The molecule has 1 N–H and O–H groups in total. The molecule has 0 saturated heterocycles. The summed E-state index contributed by atoms with van der Waals surface area (Å²) < 4.78 is 2.51. The van der Waals surface area contributed by atoms with E-state index >= 15 is 0 Å². The number of hydrogen-bond donors (Lipinski definition) is 1. The van der Waals surface area contributed by atoms with Gasteiger partial charge in [0.05, 0.1) is 0 Å². The molecule has 0 fully saturated rings. The van der Waals surface area contributed by atoms with Crippen molar-refractivity contribution in [3.05, 3.63) is 45.3 Å². The molecule has 0 saturated carbocycles. The normalized spacial score (nSPS) is 10.3. The minimum Gasteiger partial charge on any atom is -0.320 e. The van der Waals surface area contributed by atoms with Crippen molar-refractivity contribution in [2.75, 3.05) is 5.32 Å². The van der Waals surface area contributed by atoms with Crippen LogP contribution in [-0.2, 0) is 11.3 Å². The van der Waals surface area contributed by atoms with Crippen LogP contribution in [0.15, 0.2) is 30.5 Å². The van der Waals surface area contributed by atoms with Gasteiger partial charge in [-0.25, -0.2) is 0 Å². The van der Waals surface area contributed by atoms with Crippen molar-refractivity contribution < 1.29 is 9.59 Å². The smallest absolute Gasteiger partial charge is 0.273 e. The van der Waals surface area contributed by atoms with Gasteiger partial charge >= 0.3 is 0 Å². The molecule has 0 radical (unpaired) electrons. The molecule has 1 aromatic heterocycles. The van der Waals surface area contributed by atoms with Crippen molar-refractivity contribution >= 4 is 40.0 Å². The highest BCUT2D eigenvalue weighted by molar-refractivity contribution is 14.1. The first-order valence-electron chi connectivity index (χ1n) is 6.06. The van der Waals surface area contributed by atoms with Crippen LogP contribution in [0.3, 0.4) is 0 Å². The Hall–Kier alpha value is -1.70. The second kappa shape index (κ2) is 6.17. The number of ketones is 1. The van der Waals surface area contributed by atoms with Crippen LogP contribution in [0.25, 0.3) is 0 Å². The van der Waals surface area contributed by atoms with E-state index in [9.17, 15) is 9.59 Å².